The van der Waals surface area contributed by atoms with Gasteiger partial charge in [-0.25, -0.2) is 4.79 Å². The summed E-state index contributed by atoms with van der Waals surface area (Å²) < 4.78 is 5.29. The average molecular weight is 269 g/mol. The van der Waals surface area contributed by atoms with Crippen LogP contribution in [0.3, 0.4) is 0 Å². The molecule has 4 nitrogen and oxygen atoms in total. The molecule has 1 heterocycles. The largest absolute Gasteiger partial charge is 0.456 e. The quantitative estimate of drug-likeness (QED) is 0.872. The predicted octanol–water partition coefficient (Wildman–Crippen LogP) is 2.81. The Morgan fingerprint density at radius 2 is 2.00 bits per heavy atom. The highest BCUT2D eigenvalue weighted by Gasteiger charge is 2.28. The van der Waals surface area contributed by atoms with Gasteiger partial charge in [-0.15, -0.1) is 0 Å². The minimum Gasteiger partial charge on any atom is -0.456 e. The Balaban J connectivity index is 1.75. The third-order valence-corrected chi connectivity index (χ3v) is 3.68. The first-order valence-electron chi connectivity index (χ1n) is 6.62. The fraction of sp³-hybridized carbons (Fsp3) is 0.250. The number of aromatic amines is 1. The number of fused-ring (bicyclic) bond motifs is 1. The van der Waals surface area contributed by atoms with E-state index in [1.54, 1.807) is 0 Å². The molecule has 0 saturated carbocycles. The Hall–Kier alpha value is -2.36. The first-order valence-corrected chi connectivity index (χ1v) is 6.62. The number of hydrogen-bond acceptors (Lipinski definition) is 3. The molecule has 2 aromatic rings. The first-order chi connectivity index (χ1) is 9.66. The minimum atomic E-state index is -0.409. The molecule has 0 aliphatic heterocycles. The second-order valence-corrected chi connectivity index (χ2v) is 4.96. The lowest BCUT2D eigenvalue weighted by Gasteiger charge is -2.05. The van der Waals surface area contributed by atoms with Crippen molar-refractivity contribution in [1.82, 2.24) is 4.98 Å². The molecule has 20 heavy (non-hydrogen) atoms. The molecular formula is C16H15NO3. The van der Waals surface area contributed by atoms with Gasteiger partial charge >= 0.3 is 5.97 Å². The van der Waals surface area contributed by atoms with Crippen molar-refractivity contribution in [3.05, 3.63) is 58.4 Å². The van der Waals surface area contributed by atoms with Crippen molar-refractivity contribution in [3.8, 4) is 0 Å². The first kappa shape index (κ1) is 12.7. The van der Waals surface area contributed by atoms with Gasteiger partial charge in [0, 0.05) is 6.42 Å². The Bertz CT molecular complexity index is 671. The van der Waals surface area contributed by atoms with Gasteiger partial charge in [-0.3, -0.25) is 4.79 Å². The number of hydrogen-bond donors (Lipinski definition) is 1. The van der Waals surface area contributed by atoms with Gasteiger partial charge in [-0.1, -0.05) is 30.3 Å². The SMILES string of the molecule is Cc1c(C(=O)OCc2ccccc2)[nH]c2c1CCC2=O. The molecule has 1 aromatic carbocycles. The zero-order valence-corrected chi connectivity index (χ0v) is 11.2. The molecule has 0 bridgehead atoms. The van der Waals surface area contributed by atoms with Crippen LogP contribution in [0.15, 0.2) is 30.3 Å². The monoisotopic (exact) mass is 269 g/mol. The normalized spacial score (nSPS) is 13.3. The number of benzene rings is 1. The maximum absolute atomic E-state index is 12.1. The smallest absolute Gasteiger partial charge is 0.355 e. The predicted molar refractivity (Wildman–Crippen MR) is 73.7 cm³/mol. The van der Waals surface area contributed by atoms with E-state index < -0.39 is 5.97 Å². The maximum Gasteiger partial charge on any atom is 0.355 e. The molecule has 0 saturated heterocycles. The van der Waals surface area contributed by atoms with Crippen LogP contribution in [0.25, 0.3) is 0 Å². The third kappa shape index (κ3) is 2.13. The highest BCUT2D eigenvalue weighted by Crippen LogP contribution is 2.27. The number of carbonyl (C=O) groups is 2. The van der Waals surface area contributed by atoms with Crippen LogP contribution in [0.1, 0.15) is 44.1 Å². The number of nitrogens with one attached hydrogen (secondary N) is 1. The molecule has 0 fully saturated rings. The maximum atomic E-state index is 12.1. The molecule has 1 aliphatic carbocycles. The third-order valence-electron chi connectivity index (χ3n) is 3.68. The standard InChI is InChI=1S/C16H15NO3/c1-10-12-7-8-13(18)15(12)17-14(10)16(19)20-9-11-5-3-2-4-6-11/h2-6,17H,7-9H2,1H3. The van der Waals surface area contributed by atoms with E-state index in [4.69, 9.17) is 4.74 Å². The summed E-state index contributed by atoms with van der Waals surface area (Å²) in [5.74, 6) is -0.334. The lowest BCUT2D eigenvalue weighted by atomic mass is 10.1. The lowest BCUT2D eigenvalue weighted by Crippen LogP contribution is -2.08. The van der Waals surface area contributed by atoms with E-state index in [0.29, 0.717) is 24.2 Å². The zero-order valence-electron chi connectivity index (χ0n) is 11.2. The van der Waals surface area contributed by atoms with E-state index in [2.05, 4.69) is 4.98 Å². The van der Waals surface area contributed by atoms with Crippen LogP contribution < -0.4 is 0 Å². The van der Waals surface area contributed by atoms with Gasteiger partial charge in [0.25, 0.3) is 0 Å². The molecular weight excluding hydrogens is 254 g/mol. The Morgan fingerprint density at radius 3 is 2.70 bits per heavy atom. The van der Waals surface area contributed by atoms with Crippen molar-refractivity contribution >= 4 is 11.8 Å². The summed E-state index contributed by atoms with van der Waals surface area (Å²) in [5, 5.41) is 0. The van der Waals surface area contributed by atoms with E-state index in [-0.39, 0.29) is 12.4 Å². The molecule has 1 N–H and O–H groups in total. The van der Waals surface area contributed by atoms with Gasteiger partial charge in [-0.2, -0.15) is 0 Å². The lowest BCUT2D eigenvalue weighted by molar-refractivity contribution is 0.0465. The number of Topliss-reactive ketones (excluding diaryl/α,β-unsaturated/α-hetero) is 1. The number of H-pyrrole nitrogens is 1. The molecule has 0 radical (unpaired) electrons. The Labute approximate surface area is 116 Å². The number of esters is 1. The molecule has 0 amide bonds. The van der Waals surface area contributed by atoms with Crippen LogP contribution in [-0.2, 0) is 17.8 Å². The average Bonchev–Trinajstić information content (AvgIpc) is 2.99. The van der Waals surface area contributed by atoms with Crippen LogP contribution in [0.4, 0.5) is 0 Å². The zero-order chi connectivity index (χ0) is 14.1. The molecule has 3 rings (SSSR count). The Morgan fingerprint density at radius 1 is 1.25 bits per heavy atom. The number of ketones is 1. The fourth-order valence-corrected chi connectivity index (χ4v) is 2.55. The summed E-state index contributed by atoms with van der Waals surface area (Å²) in [5.41, 5.74) is 3.72. The highest BCUT2D eigenvalue weighted by atomic mass is 16.5. The van der Waals surface area contributed by atoms with Crippen molar-refractivity contribution in [2.45, 2.75) is 26.4 Å². The summed E-state index contributed by atoms with van der Waals surface area (Å²) in [7, 11) is 0. The van der Waals surface area contributed by atoms with Crippen LogP contribution >= 0.6 is 0 Å². The number of rotatable bonds is 3. The van der Waals surface area contributed by atoms with Crippen molar-refractivity contribution < 1.29 is 14.3 Å². The van der Waals surface area contributed by atoms with Crippen molar-refractivity contribution in [1.29, 1.82) is 0 Å². The fourth-order valence-electron chi connectivity index (χ4n) is 2.55. The van der Waals surface area contributed by atoms with E-state index in [1.807, 2.05) is 37.3 Å². The van der Waals surface area contributed by atoms with Crippen LogP contribution in [0.5, 0.6) is 0 Å². The van der Waals surface area contributed by atoms with E-state index in [9.17, 15) is 9.59 Å². The van der Waals surface area contributed by atoms with E-state index in [1.165, 1.54) is 0 Å². The summed E-state index contributed by atoms with van der Waals surface area (Å²) in [6.45, 7) is 2.09. The van der Waals surface area contributed by atoms with Gasteiger partial charge in [0.15, 0.2) is 5.78 Å². The molecule has 0 unspecified atom stereocenters. The molecule has 0 spiro atoms. The van der Waals surface area contributed by atoms with Crippen LogP contribution in [0, 0.1) is 6.92 Å². The summed E-state index contributed by atoms with van der Waals surface area (Å²) in [6.07, 6.45) is 1.24. The molecule has 4 heteroatoms. The Kier molecular flexibility index (Phi) is 3.14. The molecule has 0 atom stereocenters. The van der Waals surface area contributed by atoms with Gasteiger partial charge in [-0.05, 0) is 30.0 Å². The highest BCUT2D eigenvalue weighted by molar-refractivity contribution is 6.02. The number of carbonyl (C=O) groups excluding carboxylic acids is 2. The van der Waals surface area contributed by atoms with E-state index in [0.717, 1.165) is 16.7 Å². The van der Waals surface area contributed by atoms with Gasteiger partial charge in [0.05, 0.1) is 5.69 Å². The minimum absolute atomic E-state index is 0.0743. The van der Waals surface area contributed by atoms with Gasteiger partial charge in [0.1, 0.15) is 12.3 Å². The molecule has 1 aromatic heterocycles. The topological polar surface area (TPSA) is 59.2 Å². The summed E-state index contributed by atoms with van der Waals surface area (Å²) in [6, 6.07) is 9.51. The molecule has 102 valence electrons. The van der Waals surface area contributed by atoms with Crippen LogP contribution in [0.2, 0.25) is 0 Å². The van der Waals surface area contributed by atoms with Gasteiger partial charge in [0.2, 0.25) is 0 Å². The second kappa shape index (κ2) is 4.96. The summed E-state index contributed by atoms with van der Waals surface area (Å²) in [4.78, 5) is 26.7. The molecule has 1 aliphatic rings. The summed E-state index contributed by atoms with van der Waals surface area (Å²) >= 11 is 0. The van der Waals surface area contributed by atoms with E-state index >= 15 is 0 Å². The number of aromatic nitrogens is 1. The van der Waals surface area contributed by atoms with Crippen molar-refractivity contribution in [2.75, 3.05) is 0 Å². The van der Waals surface area contributed by atoms with Crippen molar-refractivity contribution in [3.63, 3.8) is 0 Å². The van der Waals surface area contributed by atoms with Crippen molar-refractivity contribution in [2.24, 2.45) is 0 Å². The van der Waals surface area contributed by atoms with Gasteiger partial charge < -0.3 is 9.72 Å². The number of ether oxygens (including phenoxy) is 1. The second-order valence-electron chi connectivity index (χ2n) is 4.96. The van der Waals surface area contributed by atoms with Crippen LogP contribution in [-0.4, -0.2) is 16.7 Å².